The molecular weight excluding hydrogens is 434 g/mol. The van der Waals surface area contributed by atoms with Crippen LogP contribution in [-0.4, -0.2) is 44.1 Å². The number of ketones is 1. The van der Waals surface area contributed by atoms with Crippen LogP contribution in [0.5, 0.6) is 5.75 Å². The van der Waals surface area contributed by atoms with Crippen molar-refractivity contribution in [1.82, 2.24) is 14.8 Å². The minimum atomic E-state index is -0.699. The van der Waals surface area contributed by atoms with Gasteiger partial charge in [-0.05, 0) is 48.5 Å². The summed E-state index contributed by atoms with van der Waals surface area (Å²) in [5, 5.41) is 20.2. The molecule has 0 aliphatic heterocycles. The van der Waals surface area contributed by atoms with E-state index in [1.807, 2.05) is 35.8 Å². The van der Waals surface area contributed by atoms with Gasteiger partial charge in [0.2, 0.25) is 0 Å². The molecule has 2 aromatic carbocycles. The molecule has 0 aliphatic carbocycles. The lowest BCUT2D eigenvalue weighted by Crippen LogP contribution is -2.20. The predicted molar refractivity (Wildman–Crippen MR) is 124 cm³/mol. The van der Waals surface area contributed by atoms with E-state index in [9.17, 15) is 9.90 Å². The third-order valence-corrected chi connectivity index (χ3v) is 5.84. The third-order valence-electron chi connectivity index (χ3n) is 4.48. The number of Topliss-reactive ketones (excluding diaryl/α,β-unsaturated/α-hetero) is 1. The standard InChI is InChI=1S/C23H24ClN3O3S/c1-3-13-27-22(17-5-9-18(24)10-6-17)25-26-23(27)31-15-19(28)14-30-20-11-7-16(8-12-20)21(29)4-2/h3,5-12,19,28H,1,4,13-15H2,2H3. The normalized spacial score (nSPS) is 11.8. The molecule has 0 saturated carbocycles. The lowest BCUT2D eigenvalue weighted by atomic mass is 10.1. The van der Waals surface area contributed by atoms with Crippen LogP contribution in [-0.2, 0) is 6.54 Å². The first-order valence-corrected chi connectivity index (χ1v) is 11.2. The molecule has 0 saturated heterocycles. The van der Waals surface area contributed by atoms with Crippen LogP contribution in [0.15, 0.2) is 66.3 Å². The Kier molecular flexibility index (Phi) is 8.28. The van der Waals surface area contributed by atoms with Gasteiger partial charge in [-0.1, -0.05) is 36.4 Å². The van der Waals surface area contributed by atoms with E-state index in [1.165, 1.54) is 11.8 Å². The lowest BCUT2D eigenvalue weighted by molar-refractivity contribution is 0.0987. The second kappa shape index (κ2) is 11.1. The fraction of sp³-hybridized carbons (Fsp3) is 0.261. The van der Waals surface area contributed by atoms with Gasteiger partial charge in [-0.15, -0.1) is 16.8 Å². The average molecular weight is 458 g/mol. The van der Waals surface area contributed by atoms with Gasteiger partial charge in [0.15, 0.2) is 16.8 Å². The van der Waals surface area contributed by atoms with Gasteiger partial charge in [0.1, 0.15) is 12.4 Å². The third kappa shape index (κ3) is 6.19. The monoisotopic (exact) mass is 457 g/mol. The number of aromatic nitrogens is 3. The summed E-state index contributed by atoms with van der Waals surface area (Å²) >= 11 is 7.37. The summed E-state index contributed by atoms with van der Waals surface area (Å²) in [5.74, 6) is 1.80. The summed E-state index contributed by atoms with van der Waals surface area (Å²) in [4.78, 5) is 11.7. The van der Waals surface area contributed by atoms with Crippen molar-refractivity contribution < 1.29 is 14.6 Å². The molecule has 1 unspecified atom stereocenters. The van der Waals surface area contributed by atoms with Crippen LogP contribution in [0.25, 0.3) is 11.4 Å². The van der Waals surface area contributed by atoms with E-state index in [0.29, 0.717) is 46.0 Å². The first kappa shape index (κ1) is 23.1. The predicted octanol–water partition coefficient (Wildman–Crippen LogP) is 4.91. The molecule has 3 aromatic rings. The van der Waals surface area contributed by atoms with Crippen LogP contribution in [0.1, 0.15) is 23.7 Å². The highest BCUT2D eigenvalue weighted by atomic mass is 35.5. The lowest BCUT2D eigenvalue weighted by Gasteiger charge is -2.13. The van der Waals surface area contributed by atoms with Crippen LogP contribution in [0.4, 0.5) is 0 Å². The molecule has 6 nitrogen and oxygen atoms in total. The zero-order valence-electron chi connectivity index (χ0n) is 17.2. The Morgan fingerprint density at radius 3 is 2.58 bits per heavy atom. The number of hydrogen-bond donors (Lipinski definition) is 1. The number of ether oxygens (including phenoxy) is 1. The maximum atomic E-state index is 11.7. The number of rotatable bonds is 11. The van der Waals surface area contributed by atoms with Crippen molar-refractivity contribution in [3.63, 3.8) is 0 Å². The molecule has 1 N–H and O–H groups in total. The van der Waals surface area contributed by atoms with Gasteiger partial charge in [0.05, 0.1) is 6.10 Å². The van der Waals surface area contributed by atoms with Crippen LogP contribution in [0.2, 0.25) is 5.02 Å². The number of nitrogens with zero attached hydrogens (tertiary/aromatic N) is 3. The topological polar surface area (TPSA) is 77.2 Å². The van der Waals surface area contributed by atoms with E-state index in [2.05, 4.69) is 16.8 Å². The first-order valence-electron chi connectivity index (χ1n) is 9.88. The molecule has 8 heteroatoms. The quantitative estimate of drug-likeness (QED) is 0.250. The number of carbonyl (C=O) groups is 1. The van der Waals surface area contributed by atoms with E-state index in [1.54, 1.807) is 30.3 Å². The number of aliphatic hydroxyl groups excluding tert-OH is 1. The van der Waals surface area contributed by atoms with Crippen LogP contribution in [0, 0.1) is 0 Å². The van der Waals surface area contributed by atoms with Gasteiger partial charge in [-0.3, -0.25) is 9.36 Å². The molecule has 0 aliphatic rings. The van der Waals surface area contributed by atoms with Gasteiger partial charge in [0, 0.05) is 34.9 Å². The molecule has 1 heterocycles. The zero-order valence-corrected chi connectivity index (χ0v) is 18.8. The van der Waals surface area contributed by atoms with Crippen molar-refractivity contribution in [3.8, 4) is 17.1 Å². The fourth-order valence-corrected chi connectivity index (χ4v) is 3.83. The number of carbonyl (C=O) groups excluding carboxylic acids is 1. The Morgan fingerprint density at radius 1 is 1.23 bits per heavy atom. The summed E-state index contributed by atoms with van der Waals surface area (Å²) < 4.78 is 7.58. The van der Waals surface area contributed by atoms with Gasteiger partial charge in [-0.25, -0.2) is 0 Å². The highest BCUT2D eigenvalue weighted by Crippen LogP contribution is 2.26. The molecule has 0 fully saturated rings. The van der Waals surface area contributed by atoms with Gasteiger partial charge in [0.25, 0.3) is 0 Å². The highest BCUT2D eigenvalue weighted by Gasteiger charge is 2.16. The molecular formula is C23H24ClN3O3S. The molecule has 0 spiro atoms. The Bertz CT molecular complexity index is 1020. The smallest absolute Gasteiger partial charge is 0.191 e. The second-order valence-electron chi connectivity index (χ2n) is 6.79. The highest BCUT2D eigenvalue weighted by molar-refractivity contribution is 7.99. The first-order chi connectivity index (χ1) is 15.0. The Balaban J connectivity index is 1.58. The minimum absolute atomic E-state index is 0.0876. The van der Waals surface area contributed by atoms with Crippen molar-refractivity contribution in [2.45, 2.75) is 31.1 Å². The molecule has 3 rings (SSSR count). The van der Waals surface area contributed by atoms with Gasteiger partial charge < -0.3 is 9.84 Å². The average Bonchev–Trinajstić information content (AvgIpc) is 3.19. The minimum Gasteiger partial charge on any atom is -0.491 e. The van der Waals surface area contributed by atoms with Crippen LogP contribution >= 0.6 is 23.4 Å². The fourth-order valence-electron chi connectivity index (χ4n) is 2.85. The van der Waals surface area contributed by atoms with E-state index in [4.69, 9.17) is 16.3 Å². The summed E-state index contributed by atoms with van der Waals surface area (Å²) in [6, 6.07) is 14.3. The van der Waals surface area contributed by atoms with Crippen LogP contribution in [0.3, 0.4) is 0 Å². The summed E-state index contributed by atoms with van der Waals surface area (Å²) in [7, 11) is 0. The van der Waals surface area contributed by atoms with E-state index >= 15 is 0 Å². The van der Waals surface area contributed by atoms with E-state index < -0.39 is 6.10 Å². The summed E-state index contributed by atoms with van der Waals surface area (Å²) in [5.41, 5.74) is 1.56. The summed E-state index contributed by atoms with van der Waals surface area (Å²) in [6.45, 7) is 6.31. The SMILES string of the molecule is C=CCn1c(SCC(O)COc2ccc(C(=O)CC)cc2)nnc1-c1ccc(Cl)cc1. The Labute approximate surface area is 190 Å². The van der Waals surface area contributed by atoms with E-state index in [-0.39, 0.29) is 12.4 Å². The van der Waals surface area contributed by atoms with Crippen molar-refractivity contribution in [3.05, 3.63) is 71.8 Å². The number of halogens is 1. The molecule has 0 radical (unpaired) electrons. The van der Waals surface area contributed by atoms with Crippen molar-refractivity contribution >= 4 is 29.1 Å². The Morgan fingerprint density at radius 2 is 1.94 bits per heavy atom. The van der Waals surface area contributed by atoms with E-state index in [0.717, 1.165) is 5.56 Å². The number of aliphatic hydroxyl groups is 1. The summed E-state index contributed by atoms with van der Waals surface area (Å²) in [6.07, 6.45) is 1.54. The largest absolute Gasteiger partial charge is 0.491 e. The number of hydrogen-bond acceptors (Lipinski definition) is 6. The van der Waals surface area contributed by atoms with Crippen molar-refractivity contribution in [1.29, 1.82) is 0 Å². The molecule has 162 valence electrons. The van der Waals surface area contributed by atoms with Crippen molar-refractivity contribution in [2.24, 2.45) is 0 Å². The van der Waals surface area contributed by atoms with Gasteiger partial charge >= 0.3 is 0 Å². The molecule has 0 amide bonds. The maximum absolute atomic E-state index is 11.7. The number of thioether (sulfide) groups is 1. The van der Waals surface area contributed by atoms with Crippen molar-refractivity contribution in [2.75, 3.05) is 12.4 Å². The number of allylic oxidation sites excluding steroid dienone is 1. The second-order valence-corrected chi connectivity index (χ2v) is 8.21. The van der Waals surface area contributed by atoms with Crippen LogP contribution < -0.4 is 4.74 Å². The molecule has 1 atom stereocenters. The maximum Gasteiger partial charge on any atom is 0.191 e. The Hall–Kier alpha value is -2.61. The molecule has 0 bridgehead atoms. The zero-order chi connectivity index (χ0) is 22.2. The molecule has 1 aromatic heterocycles. The van der Waals surface area contributed by atoms with Gasteiger partial charge in [-0.2, -0.15) is 0 Å². The molecule has 31 heavy (non-hydrogen) atoms. The number of benzene rings is 2.